The highest BCUT2D eigenvalue weighted by atomic mass is 16.3. The molecule has 1 heterocycles. The lowest BCUT2D eigenvalue weighted by atomic mass is 10.0. The molecule has 0 radical (unpaired) electrons. The van der Waals surface area contributed by atoms with E-state index >= 15 is 0 Å². The molecule has 0 saturated carbocycles. The van der Waals surface area contributed by atoms with Gasteiger partial charge in [0.2, 0.25) is 0 Å². The summed E-state index contributed by atoms with van der Waals surface area (Å²) in [5, 5.41) is 13.7. The third kappa shape index (κ3) is 3.99. The van der Waals surface area contributed by atoms with Gasteiger partial charge in [-0.25, -0.2) is 5.43 Å². The SMILES string of the molecule is Cc1cc2c(cc1C)CN(c1cccc(C(=O)N/N=C\c3ccccc3O)c1)C2. The maximum atomic E-state index is 12.5. The zero-order chi connectivity index (χ0) is 20.4. The van der Waals surface area contributed by atoms with Crippen LogP contribution in [0.5, 0.6) is 5.75 Å². The number of phenols is 1. The maximum absolute atomic E-state index is 12.5. The third-order valence-corrected chi connectivity index (χ3v) is 5.32. The highest BCUT2D eigenvalue weighted by Crippen LogP contribution is 2.30. The molecule has 0 saturated heterocycles. The number of hydrogen-bond acceptors (Lipinski definition) is 4. The molecular weight excluding hydrogens is 362 g/mol. The van der Waals surface area contributed by atoms with Crippen LogP contribution in [-0.2, 0) is 13.1 Å². The number of amides is 1. The first-order valence-corrected chi connectivity index (χ1v) is 9.56. The fraction of sp³-hybridized carbons (Fsp3) is 0.167. The molecule has 0 fully saturated rings. The summed E-state index contributed by atoms with van der Waals surface area (Å²) >= 11 is 0. The number of anilines is 1. The van der Waals surface area contributed by atoms with Gasteiger partial charge in [-0.1, -0.05) is 30.3 Å². The number of phenolic OH excluding ortho intramolecular Hbond substituents is 1. The van der Waals surface area contributed by atoms with Gasteiger partial charge in [-0.15, -0.1) is 0 Å². The van der Waals surface area contributed by atoms with Crippen molar-refractivity contribution in [3.63, 3.8) is 0 Å². The number of nitrogens with zero attached hydrogens (tertiary/aromatic N) is 2. The summed E-state index contributed by atoms with van der Waals surface area (Å²) in [6.07, 6.45) is 1.43. The lowest BCUT2D eigenvalue weighted by molar-refractivity contribution is 0.0955. The molecule has 0 aliphatic carbocycles. The number of benzene rings is 3. The van der Waals surface area contributed by atoms with Gasteiger partial charge in [0.05, 0.1) is 6.21 Å². The van der Waals surface area contributed by atoms with E-state index in [1.807, 2.05) is 18.2 Å². The first-order chi connectivity index (χ1) is 14.0. The summed E-state index contributed by atoms with van der Waals surface area (Å²) in [6, 6.07) is 18.9. The number of carbonyl (C=O) groups is 1. The van der Waals surface area contributed by atoms with Gasteiger partial charge < -0.3 is 10.0 Å². The van der Waals surface area contributed by atoms with E-state index in [4.69, 9.17) is 0 Å². The van der Waals surface area contributed by atoms with Gasteiger partial charge in [-0.3, -0.25) is 4.79 Å². The van der Waals surface area contributed by atoms with E-state index in [0.717, 1.165) is 18.8 Å². The quantitative estimate of drug-likeness (QED) is 0.520. The zero-order valence-corrected chi connectivity index (χ0v) is 16.5. The summed E-state index contributed by atoms with van der Waals surface area (Å²) < 4.78 is 0. The lowest BCUT2D eigenvalue weighted by Crippen LogP contribution is -2.19. The predicted molar refractivity (Wildman–Crippen MR) is 115 cm³/mol. The van der Waals surface area contributed by atoms with Crippen molar-refractivity contribution in [2.45, 2.75) is 26.9 Å². The van der Waals surface area contributed by atoms with Crippen molar-refractivity contribution in [2.75, 3.05) is 4.90 Å². The highest BCUT2D eigenvalue weighted by Gasteiger charge is 2.20. The van der Waals surface area contributed by atoms with Gasteiger partial charge in [-0.05, 0) is 66.4 Å². The second-order valence-electron chi connectivity index (χ2n) is 7.37. The van der Waals surface area contributed by atoms with Crippen LogP contribution in [-0.4, -0.2) is 17.2 Å². The Hall–Kier alpha value is -3.60. The minimum absolute atomic E-state index is 0.117. The summed E-state index contributed by atoms with van der Waals surface area (Å²) in [5.74, 6) is -0.173. The van der Waals surface area contributed by atoms with Gasteiger partial charge >= 0.3 is 0 Å². The zero-order valence-electron chi connectivity index (χ0n) is 16.5. The molecule has 0 bridgehead atoms. The van der Waals surface area contributed by atoms with Crippen molar-refractivity contribution in [1.29, 1.82) is 0 Å². The van der Waals surface area contributed by atoms with E-state index < -0.39 is 0 Å². The Morgan fingerprint density at radius 3 is 2.38 bits per heavy atom. The molecular formula is C24H23N3O2. The molecule has 0 aromatic heterocycles. The Kier molecular flexibility index (Phi) is 5.04. The van der Waals surface area contributed by atoms with Crippen LogP contribution in [0, 0.1) is 13.8 Å². The molecule has 146 valence electrons. The molecule has 29 heavy (non-hydrogen) atoms. The summed E-state index contributed by atoms with van der Waals surface area (Å²) in [7, 11) is 0. The molecule has 3 aromatic carbocycles. The maximum Gasteiger partial charge on any atom is 0.271 e. The predicted octanol–water partition coefficient (Wildman–Crippen LogP) is 4.29. The first kappa shape index (κ1) is 18.7. The Balaban J connectivity index is 1.46. The van der Waals surface area contributed by atoms with Crippen LogP contribution in [0.4, 0.5) is 5.69 Å². The van der Waals surface area contributed by atoms with Crippen LogP contribution in [0.2, 0.25) is 0 Å². The van der Waals surface area contributed by atoms with Crippen molar-refractivity contribution in [3.8, 4) is 5.75 Å². The number of aromatic hydroxyl groups is 1. The van der Waals surface area contributed by atoms with Crippen LogP contribution in [0.25, 0.3) is 0 Å². The van der Waals surface area contributed by atoms with E-state index in [2.05, 4.69) is 41.4 Å². The van der Waals surface area contributed by atoms with Crippen LogP contribution < -0.4 is 10.3 Å². The van der Waals surface area contributed by atoms with Crippen molar-refractivity contribution in [3.05, 3.63) is 94.0 Å². The van der Waals surface area contributed by atoms with Gasteiger partial charge in [-0.2, -0.15) is 5.10 Å². The number of carbonyl (C=O) groups excluding carboxylic acids is 1. The Morgan fingerprint density at radius 1 is 1.00 bits per heavy atom. The average molecular weight is 385 g/mol. The Bertz CT molecular complexity index is 1070. The van der Waals surface area contributed by atoms with E-state index in [0.29, 0.717) is 11.1 Å². The molecule has 1 aliphatic heterocycles. The minimum Gasteiger partial charge on any atom is -0.507 e. The average Bonchev–Trinajstić information content (AvgIpc) is 3.12. The fourth-order valence-electron chi connectivity index (χ4n) is 3.55. The second kappa shape index (κ2) is 7.80. The smallest absolute Gasteiger partial charge is 0.271 e. The van der Waals surface area contributed by atoms with Gasteiger partial charge in [0.15, 0.2) is 0 Å². The number of aryl methyl sites for hydroxylation is 2. The van der Waals surface area contributed by atoms with Crippen LogP contribution in [0.15, 0.2) is 65.8 Å². The normalized spacial score (nSPS) is 13.0. The van der Waals surface area contributed by atoms with Crippen molar-refractivity contribution >= 4 is 17.8 Å². The largest absolute Gasteiger partial charge is 0.507 e. The molecule has 0 unspecified atom stereocenters. The first-order valence-electron chi connectivity index (χ1n) is 9.56. The second-order valence-corrected chi connectivity index (χ2v) is 7.37. The Labute approximate surface area is 170 Å². The monoisotopic (exact) mass is 385 g/mol. The van der Waals surface area contributed by atoms with Crippen LogP contribution in [0.3, 0.4) is 0 Å². The number of rotatable bonds is 4. The molecule has 4 rings (SSSR count). The van der Waals surface area contributed by atoms with Gasteiger partial charge in [0.1, 0.15) is 5.75 Å². The van der Waals surface area contributed by atoms with Crippen molar-refractivity contribution in [2.24, 2.45) is 5.10 Å². The molecule has 2 N–H and O–H groups in total. The number of nitrogens with one attached hydrogen (secondary N) is 1. The van der Waals surface area contributed by atoms with E-state index in [9.17, 15) is 9.90 Å². The summed E-state index contributed by atoms with van der Waals surface area (Å²) in [5.41, 5.74) is 9.92. The van der Waals surface area contributed by atoms with Crippen LogP contribution in [0.1, 0.15) is 38.2 Å². The van der Waals surface area contributed by atoms with Gasteiger partial charge in [0.25, 0.3) is 5.91 Å². The standard InChI is InChI=1S/C24H23N3O2/c1-16-10-20-14-27(15-21(20)11-17(16)2)22-8-5-7-18(12-22)24(29)26-25-13-19-6-3-4-9-23(19)28/h3-13,28H,14-15H2,1-2H3,(H,26,29)/b25-13-. The fourth-order valence-corrected chi connectivity index (χ4v) is 3.55. The lowest BCUT2D eigenvalue weighted by Gasteiger charge is -2.18. The van der Waals surface area contributed by atoms with Gasteiger partial charge in [0, 0.05) is 29.9 Å². The van der Waals surface area contributed by atoms with Crippen LogP contribution >= 0.6 is 0 Å². The number of hydrogen-bond donors (Lipinski definition) is 2. The number of fused-ring (bicyclic) bond motifs is 1. The van der Waals surface area contributed by atoms with Crippen molar-refractivity contribution in [1.82, 2.24) is 5.43 Å². The Morgan fingerprint density at radius 2 is 1.69 bits per heavy atom. The number of para-hydroxylation sites is 1. The van der Waals surface area contributed by atoms with E-state index in [1.54, 1.807) is 30.3 Å². The summed E-state index contributed by atoms with van der Waals surface area (Å²) in [6.45, 7) is 5.96. The molecule has 0 atom stereocenters. The minimum atomic E-state index is -0.290. The van der Waals surface area contributed by atoms with Crippen molar-refractivity contribution < 1.29 is 9.90 Å². The topological polar surface area (TPSA) is 64.9 Å². The van der Waals surface area contributed by atoms with E-state index in [1.165, 1.54) is 28.5 Å². The molecule has 5 nitrogen and oxygen atoms in total. The molecule has 3 aromatic rings. The van der Waals surface area contributed by atoms with E-state index in [-0.39, 0.29) is 11.7 Å². The third-order valence-electron chi connectivity index (χ3n) is 5.32. The highest BCUT2D eigenvalue weighted by molar-refractivity contribution is 5.96. The molecule has 1 aliphatic rings. The summed E-state index contributed by atoms with van der Waals surface area (Å²) in [4.78, 5) is 14.8. The number of hydrazone groups is 1. The molecule has 5 heteroatoms. The molecule has 1 amide bonds. The molecule has 0 spiro atoms.